The number of hydrogen-bond acceptors (Lipinski definition) is 5. The van der Waals surface area contributed by atoms with E-state index in [1.807, 2.05) is 36.4 Å². The molecule has 0 aromatic heterocycles. The molecular formula is C24H33N3O3. The Morgan fingerprint density at radius 3 is 2.40 bits per heavy atom. The van der Waals surface area contributed by atoms with Gasteiger partial charge >= 0.3 is 0 Å². The average molecular weight is 412 g/mol. The van der Waals surface area contributed by atoms with E-state index >= 15 is 0 Å². The van der Waals surface area contributed by atoms with Gasteiger partial charge in [0.05, 0.1) is 20.3 Å². The monoisotopic (exact) mass is 411 g/mol. The van der Waals surface area contributed by atoms with E-state index in [9.17, 15) is 4.79 Å². The summed E-state index contributed by atoms with van der Waals surface area (Å²) in [5, 5.41) is 3.04. The van der Waals surface area contributed by atoms with E-state index in [0.29, 0.717) is 13.1 Å². The van der Waals surface area contributed by atoms with Crippen LogP contribution >= 0.6 is 0 Å². The largest absolute Gasteiger partial charge is 0.497 e. The third kappa shape index (κ3) is 6.66. The Bertz CT molecular complexity index is 777. The van der Waals surface area contributed by atoms with Crippen molar-refractivity contribution >= 4 is 11.6 Å². The molecule has 1 aliphatic heterocycles. The molecule has 1 N–H and O–H groups in total. The maximum atomic E-state index is 12.4. The van der Waals surface area contributed by atoms with Crippen LogP contribution < -0.4 is 19.7 Å². The quantitative estimate of drug-likeness (QED) is 0.686. The summed E-state index contributed by atoms with van der Waals surface area (Å²) in [4.78, 5) is 17.0. The van der Waals surface area contributed by atoms with Crippen molar-refractivity contribution in [3.8, 4) is 11.5 Å². The van der Waals surface area contributed by atoms with Gasteiger partial charge in [0.2, 0.25) is 5.91 Å². The molecular weight excluding hydrogens is 378 g/mol. The summed E-state index contributed by atoms with van der Waals surface area (Å²) in [6, 6.07) is 16.1. The number of hydrogen-bond donors (Lipinski definition) is 1. The van der Waals surface area contributed by atoms with Crippen molar-refractivity contribution in [3.05, 3.63) is 54.1 Å². The van der Waals surface area contributed by atoms with Crippen LogP contribution in [-0.2, 0) is 11.3 Å². The van der Waals surface area contributed by atoms with Crippen molar-refractivity contribution in [3.63, 3.8) is 0 Å². The Morgan fingerprint density at radius 1 is 0.967 bits per heavy atom. The number of rotatable bonds is 9. The third-order valence-corrected chi connectivity index (χ3v) is 5.28. The highest BCUT2D eigenvalue weighted by Gasteiger charge is 2.17. The Kier molecular flexibility index (Phi) is 8.39. The van der Waals surface area contributed by atoms with Gasteiger partial charge in [-0.3, -0.25) is 9.69 Å². The minimum absolute atomic E-state index is 0.0687. The van der Waals surface area contributed by atoms with Crippen LogP contribution in [0.4, 0.5) is 5.69 Å². The summed E-state index contributed by atoms with van der Waals surface area (Å²) < 4.78 is 10.8. The average Bonchev–Trinajstić information content (AvgIpc) is 3.02. The second kappa shape index (κ2) is 11.5. The molecule has 3 rings (SSSR count). The van der Waals surface area contributed by atoms with Crippen LogP contribution in [0.3, 0.4) is 0 Å². The summed E-state index contributed by atoms with van der Waals surface area (Å²) in [6.45, 7) is 7.52. The van der Waals surface area contributed by atoms with E-state index in [4.69, 9.17) is 9.47 Å². The third-order valence-electron chi connectivity index (χ3n) is 5.28. The molecule has 0 spiro atoms. The maximum Gasteiger partial charge on any atom is 0.234 e. The molecule has 2 aromatic carbocycles. The molecule has 162 valence electrons. The zero-order chi connectivity index (χ0) is 21.2. The number of benzene rings is 2. The number of carbonyl (C=O) groups excluding carboxylic acids is 1. The van der Waals surface area contributed by atoms with E-state index in [0.717, 1.165) is 62.7 Å². The number of amides is 1. The summed E-state index contributed by atoms with van der Waals surface area (Å²) in [6.07, 6.45) is 2.03. The van der Waals surface area contributed by atoms with Crippen molar-refractivity contribution in [2.45, 2.75) is 26.3 Å². The first-order valence-corrected chi connectivity index (χ1v) is 10.8. The summed E-state index contributed by atoms with van der Waals surface area (Å²) >= 11 is 0. The van der Waals surface area contributed by atoms with Gasteiger partial charge in [0.25, 0.3) is 0 Å². The number of nitrogens with one attached hydrogen (secondary N) is 1. The lowest BCUT2D eigenvalue weighted by Gasteiger charge is -2.23. The van der Waals surface area contributed by atoms with Crippen LogP contribution in [0, 0.1) is 0 Å². The Labute approximate surface area is 179 Å². The molecule has 0 unspecified atom stereocenters. The molecule has 1 saturated heterocycles. The molecule has 1 fully saturated rings. The van der Waals surface area contributed by atoms with Gasteiger partial charge in [-0.1, -0.05) is 19.1 Å². The van der Waals surface area contributed by atoms with E-state index in [-0.39, 0.29) is 5.91 Å². The molecule has 2 aromatic rings. The smallest absolute Gasteiger partial charge is 0.234 e. The summed E-state index contributed by atoms with van der Waals surface area (Å²) in [5.74, 6) is 1.81. The molecule has 6 nitrogen and oxygen atoms in total. The van der Waals surface area contributed by atoms with Crippen LogP contribution in [-0.4, -0.2) is 57.2 Å². The maximum absolute atomic E-state index is 12.4. The van der Waals surface area contributed by atoms with Crippen molar-refractivity contribution in [1.29, 1.82) is 0 Å². The van der Waals surface area contributed by atoms with Crippen molar-refractivity contribution in [1.82, 2.24) is 10.2 Å². The first-order chi connectivity index (χ1) is 14.7. The number of nitrogens with zero attached hydrogens (tertiary/aromatic N) is 2. The van der Waals surface area contributed by atoms with Crippen LogP contribution in [0.2, 0.25) is 0 Å². The molecule has 0 atom stereocenters. The molecule has 0 saturated carbocycles. The highest BCUT2D eigenvalue weighted by molar-refractivity contribution is 5.78. The first kappa shape index (κ1) is 22.0. The van der Waals surface area contributed by atoms with E-state index < -0.39 is 0 Å². The standard InChI is InChI=1S/C24H33N3O3/c1-3-17-30-23-9-5-20(6-10-23)18-25-24(28)19-26-13-4-14-27(16-15-26)21-7-11-22(29-2)12-8-21/h5-12H,3-4,13-19H2,1-2H3,(H,25,28). The second-order valence-electron chi connectivity index (χ2n) is 7.58. The highest BCUT2D eigenvalue weighted by atomic mass is 16.5. The van der Waals surface area contributed by atoms with E-state index in [2.05, 4.69) is 34.2 Å². The highest BCUT2D eigenvalue weighted by Crippen LogP contribution is 2.20. The minimum atomic E-state index is 0.0687. The van der Waals surface area contributed by atoms with Gasteiger partial charge in [0.15, 0.2) is 0 Å². The second-order valence-corrected chi connectivity index (χ2v) is 7.58. The van der Waals surface area contributed by atoms with Gasteiger partial charge in [-0.05, 0) is 54.8 Å². The molecule has 0 aliphatic carbocycles. The zero-order valence-corrected chi connectivity index (χ0v) is 18.1. The normalized spacial score (nSPS) is 14.8. The fraction of sp³-hybridized carbons (Fsp3) is 0.458. The molecule has 1 aliphatic rings. The van der Waals surface area contributed by atoms with Crippen LogP contribution in [0.15, 0.2) is 48.5 Å². The number of methoxy groups -OCH3 is 1. The Morgan fingerprint density at radius 2 is 1.70 bits per heavy atom. The predicted octanol–water partition coefficient (Wildman–Crippen LogP) is 3.31. The van der Waals surface area contributed by atoms with Crippen molar-refractivity contribution < 1.29 is 14.3 Å². The Hall–Kier alpha value is -2.73. The fourth-order valence-electron chi connectivity index (χ4n) is 3.56. The van der Waals surface area contributed by atoms with Gasteiger partial charge < -0.3 is 19.7 Å². The fourth-order valence-corrected chi connectivity index (χ4v) is 3.56. The molecule has 6 heteroatoms. The summed E-state index contributed by atoms with van der Waals surface area (Å²) in [7, 11) is 1.68. The van der Waals surface area contributed by atoms with E-state index in [1.165, 1.54) is 5.69 Å². The van der Waals surface area contributed by atoms with Gasteiger partial charge in [-0.15, -0.1) is 0 Å². The van der Waals surface area contributed by atoms with Gasteiger partial charge in [-0.2, -0.15) is 0 Å². The molecule has 0 radical (unpaired) electrons. The lowest BCUT2D eigenvalue weighted by molar-refractivity contribution is -0.122. The first-order valence-electron chi connectivity index (χ1n) is 10.8. The van der Waals surface area contributed by atoms with Gasteiger partial charge in [0.1, 0.15) is 11.5 Å². The molecule has 1 heterocycles. The van der Waals surface area contributed by atoms with Crippen LogP contribution in [0.1, 0.15) is 25.3 Å². The van der Waals surface area contributed by atoms with Crippen LogP contribution in [0.5, 0.6) is 11.5 Å². The van der Waals surface area contributed by atoms with Crippen LogP contribution in [0.25, 0.3) is 0 Å². The SMILES string of the molecule is CCCOc1ccc(CNC(=O)CN2CCCN(c3ccc(OC)cc3)CC2)cc1. The number of carbonyl (C=O) groups is 1. The zero-order valence-electron chi connectivity index (χ0n) is 18.1. The summed E-state index contributed by atoms with van der Waals surface area (Å²) in [5.41, 5.74) is 2.28. The molecule has 0 bridgehead atoms. The lowest BCUT2D eigenvalue weighted by Crippen LogP contribution is -2.39. The predicted molar refractivity (Wildman–Crippen MR) is 120 cm³/mol. The Balaban J connectivity index is 1.42. The molecule has 1 amide bonds. The van der Waals surface area contributed by atoms with Crippen molar-refractivity contribution in [2.24, 2.45) is 0 Å². The number of ether oxygens (including phenoxy) is 2. The van der Waals surface area contributed by atoms with Crippen molar-refractivity contribution in [2.75, 3.05) is 51.3 Å². The minimum Gasteiger partial charge on any atom is -0.497 e. The van der Waals surface area contributed by atoms with Gasteiger partial charge in [0, 0.05) is 38.4 Å². The lowest BCUT2D eigenvalue weighted by atomic mass is 10.2. The van der Waals surface area contributed by atoms with E-state index in [1.54, 1.807) is 7.11 Å². The number of anilines is 1. The molecule has 30 heavy (non-hydrogen) atoms. The van der Waals surface area contributed by atoms with Gasteiger partial charge in [-0.25, -0.2) is 0 Å². The topological polar surface area (TPSA) is 54.0 Å².